The first-order valence-electron chi connectivity index (χ1n) is 8.29. The van der Waals surface area contributed by atoms with Crippen molar-refractivity contribution in [2.75, 3.05) is 6.54 Å². The number of carboxylic acid groups (broad SMARTS) is 1. The van der Waals surface area contributed by atoms with E-state index in [1.807, 2.05) is 42.6 Å². The number of benzene rings is 1. The Morgan fingerprint density at radius 1 is 1.15 bits per heavy atom. The average molecular weight is 344 g/mol. The van der Waals surface area contributed by atoms with Crippen LogP contribution in [0.2, 0.25) is 0 Å². The number of nitrogens with zero attached hydrogens (tertiary/aromatic N) is 2. The molecule has 0 atom stereocenters. The molecule has 0 radical (unpaired) electrons. The van der Waals surface area contributed by atoms with Crippen LogP contribution in [0.5, 0.6) is 0 Å². The molecule has 1 N–H and O–H groups in total. The smallest absolute Gasteiger partial charge is 0.341 e. The predicted molar refractivity (Wildman–Crippen MR) is 101 cm³/mol. The third kappa shape index (κ3) is 2.84. The molecule has 0 fully saturated rings. The van der Waals surface area contributed by atoms with Crippen LogP contribution in [0.15, 0.2) is 70.6 Å². The Kier molecular flexibility index (Phi) is 3.97. The number of aliphatic imine (C=N–C) groups is 1. The lowest BCUT2D eigenvalue weighted by Crippen LogP contribution is -2.23. The number of hydrogen-bond acceptors (Lipinski definition) is 3. The molecule has 4 rings (SSSR count). The number of pyridine rings is 2. The van der Waals surface area contributed by atoms with Crippen molar-refractivity contribution >= 4 is 23.3 Å². The second-order valence-corrected chi connectivity index (χ2v) is 6.18. The van der Waals surface area contributed by atoms with Gasteiger partial charge in [-0.2, -0.15) is 0 Å². The van der Waals surface area contributed by atoms with E-state index in [1.54, 1.807) is 12.3 Å². The molecule has 1 aliphatic rings. The van der Waals surface area contributed by atoms with Crippen LogP contribution in [0, 0.1) is 0 Å². The van der Waals surface area contributed by atoms with Crippen molar-refractivity contribution in [2.24, 2.45) is 4.99 Å². The minimum Gasteiger partial charge on any atom is -0.477 e. The molecule has 1 aromatic carbocycles. The Labute approximate surface area is 149 Å². The molecule has 0 amide bonds. The summed E-state index contributed by atoms with van der Waals surface area (Å²) in [5.74, 6) is -1.21. The van der Waals surface area contributed by atoms with Crippen LogP contribution in [-0.4, -0.2) is 28.2 Å². The van der Waals surface area contributed by atoms with Gasteiger partial charge in [-0.25, -0.2) is 4.79 Å². The molecule has 0 saturated heterocycles. The Balaban J connectivity index is 1.75. The standard InChI is InChI=1S/C21H16N2O3/c24-20-18(21(25)26)12-17(19-3-1-2-10-23(19)20)11-14-4-6-15(7-5-14)16-8-9-22-13-16/h1-8,10,12-13H,9,11H2,(H,25,26). The summed E-state index contributed by atoms with van der Waals surface area (Å²) >= 11 is 0. The maximum absolute atomic E-state index is 12.3. The molecule has 2 aromatic heterocycles. The number of aromatic nitrogens is 1. The third-order valence-electron chi connectivity index (χ3n) is 4.52. The Morgan fingerprint density at radius 2 is 1.96 bits per heavy atom. The molecular weight excluding hydrogens is 328 g/mol. The van der Waals surface area contributed by atoms with Crippen LogP contribution in [0.4, 0.5) is 0 Å². The summed E-state index contributed by atoms with van der Waals surface area (Å²) in [6.07, 6.45) is 6.08. The minimum atomic E-state index is -1.21. The zero-order valence-electron chi connectivity index (χ0n) is 13.9. The first-order valence-corrected chi connectivity index (χ1v) is 8.29. The van der Waals surface area contributed by atoms with Gasteiger partial charge in [-0.3, -0.25) is 14.2 Å². The second kappa shape index (κ2) is 6.44. The molecule has 0 unspecified atom stereocenters. The summed E-state index contributed by atoms with van der Waals surface area (Å²) in [4.78, 5) is 28.0. The van der Waals surface area contributed by atoms with Gasteiger partial charge in [-0.1, -0.05) is 36.4 Å². The molecule has 0 saturated carbocycles. The Morgan fingerprint density at radius 3 is 2.65 bits per heavy atom. The second-order valence-electron chi connectivity index (χ2n) is 6.18. The van der Waals surface area contributed by atoms with E-state index in [0.29, 0.717) is 6.42 Å². The van der Waals surface area contributed by atoms with Crippen LogP contribution in [0.25, 0.3) is 11.1 Å². The average Bonchev–Trinajstić information content (AvgIpc) is 3.19. The van der Waals surface area contributed by atoms with E-state index in [2.05, 4.69) is 11.1 Å². The van der Waals surface area contributed by atoms with E-state index in [1.165, 1.54) is 10.5 Å². The summed E-state index contributed by atoms with van der Waals surface area (Å²) < 4.78 is 1.40. The van der Waals surface area contributed by atoms with Crippen molar-refractivity contribution in [1.29, 1.82) is 0 Å². The minimum absolute atomic E-state index is 0.215. The fourth-order valence-electron chi connectivity index (χ4n) is 3.20. The Hall–Kier alpha value is -3.47. The predicted octanol–water partition coefficient (Wildman–Crippen LogP) is 3.06. The van der Waals surface area contributed by atoms with Crippen molar-refractivity contribution in [2.45, 2.75) is 6.42 Å². The lowest BCUT2D eigenvalue weighted by molar-refractivity contribution is 0.0694. The highest BCUT2D eigenvalue weighted by molar-refractivity contribution is 6.11. The van der Waals surface area contributed by atoms with E-state index >= 15 is 0 Å². The third-order valence-corrected chi connectivity index (χ3v) is 4.52. The van der Waals surface area contributed by atoms with Crippen molar-refractivity contribution in [3.63, 3.8) is 0 Å². The number of aromatic carboxylic acids is 1. The summed E-state index contributed by atoms with van der Waals surface area (Å²) in [6.45, 7) is 0.722. The van der Waals surface area contributed by atoms with E-state index < -0.39 is 11.5 Å². The monoisotopic (exact) mass is 344 g/mol. The highest BCUT2D eigenvalue weighted by Crippen LogP contribution is 2.20. The van der Waals surface area contributed by atoms with Gasteiger partial charge in [0, 0.05) is 12.4 Å². The van der Waals surface area contributed by atoms with Crippen LogP contribution in [-0.2, 0) is 6.42 Å². The van der Waals surface area contributed by atoms with Gasteiger partial charge in [0.25, 0.3) is 5.56 Å². The van der Waals surface area contributed by atoms with Crippen LogP contribution in [0.1, 0.15) is 27.0 Å². The lowest BCUT2D eigenvalue weighted by atomic mass is 9.99. The van der Waals surface area contributed by atoms with Gasteiger partial charge in [0.1, 0.15) is 5.56 Å². The van der Waals surface area contributed by atoms with Gasteiger partial charge < -0.3 is 5.11 Å². The van der Waals surface area contributed by atoms with E-state index in [-0.39, 0.29) is 5.56 Å². The topological polar surface area (TPSA) is 71.1 Å². The largest absolute Gasteiger partial charge is 0.477 e. The maximum Gasteiger partial charge on any atom is 0.341 e. The number of allylic oxidation sites excluding steroid dienone is 1. The summed E-state index contributed by atoms with van der Waals surface area (Å²) in [5.41, 5.74) is 4.06. The molecule has 3 aromatic rings. The molecule has 5 heteroatoms. The lowest BCUT2D eigenvalue weighted by Gasteiger charge is -2.10. The van der Waals surface area contributed by atoms with E-state index in [4.69, 9.17) is 0 Å². The van der Waals surface area contributed by atoms with E-state index in [9.17, 15) is 14.7 Å². The summed E-state index contributed by atoms with van der Waals surface area (Å²) in [7, 11) is 0. The van der Waals surface area contributed by atoms with Gasteiger partial charge >= 0.3 is 5.97 Å². The van der Waals surface area contributed by atoms with Gasteiger partial charge in [0.05, 0.1) is 12.1 Å². The van der Waals surface area contributed by atoms with Crippen LogP contribution in [0.3, 0.4) is 0 Å². The number of fused-ring (bicyclic) bond motifs is 1. The molecule has 128 valence electrons. The Bertz CT molecular complexity index is 1120. The normalized spacial score (nSPS) is 13.2. The van der Waals surface area contributed by atoms with Gasteiger partial charge in [0.15, 0.2) is 0 Å². The van der Waals surface area contributed by atoms with Crippen molar-refractivity contribution in [3.8, 4) is 0 Å². The van der Waals surface area contributed by atoms with Crippen molar-refractivity contribution in [1.82, 2.24) is 4.40 Å². The molecule has 0 spiro atoms. The SMILES string of the molecule is O=C(O)c1cc(Cc2ccc(C3=CCN=C3)cc2)c2ccccn2c1=O. The molecule has 3 heterocycles. The molecule has 26 heavy (non-hydrogen) atoms. The highest BCUT2D eigenvalue weighted by atomic mass is 16.4. The highest BCUT2D eigenvalue weighted by Gasteiger charge is 2.14. The molecule has 1 aliphatic heterocycles. The number of carboxylic acids is 1. The fourth-order valence-corrected chi connectivity index (χ4v) is 3.20. The van der Waals surface area contributed by atoms with Crippen LogP contribution >= 0.6 is 0 Å². The summed E-state index contributed by atoms with van der Waals surface area (Å²) in [6, 6.07) is 15.0. The fraction of sp³-hybridized carbons (Fsp3) is 0.0952. The first-order chi connectivity index (χ1) is 12.6. The molecule has 5 nitrogen and oxygen atoms in total. The van der Waals surface area contributed by atoms with E-state index in [0.717, 1.165) is 34.3 Å². The molecule has 0 aliphatic carbocycles. The van der Waals surface area contributed by atoms with Crippen molar-refractivity contribution < 1.29 is 9.90 Å². The van der Waals surface area contributed by atoms with Gasteiger partial charge in [-0.15, -0.1) is 0 Å². The first kappa shape index (κ1) is 16.0. The number of hydrogen-bond donors (Lipinski definition) is 1. The van der Waals surface area contributed by atoms with Gasteiger partial charge in [-0.05, 0) is 46.9 Å². The van der Waals surface area contributed by atoms with Crippen molar-refractivity contribution in [3.05, 3.63) is 93.4 Å². The maximum atomic E-state index is 12.3. The molecular formula is C21H16N2O3. The quantitative estimate of drug-likeness (QED) is 0.791. The molecule has 0 bridgehead atoms. The number of carbonyl (C=O) groups is 1. The van der Waals surface area contributed by atoms with Crippen LogP contribution < -0.4 is 5.56 Å². The van der Waals surface area contributed by atoms with Gasteiger partial charge in [0.2, 0.25) is 0 Å². The summed E-state index contributed by atoms with van der Waals surface area (Å²) in [5, 5.41) is 9.34. The zero-order valence-corrected chi connectivity index (χ0v) is 13.9. The zero-order chi connectivity index (χ0) is 18.1. The number of rotatable bonds is 4.